The van der Waals surface area contributed by atoms with Crippen LogP contribution in [-0.2, 0) is 4.79 Å². The smallest absolute Gasteiger partial charge is 0.310 e. The highest BCUT2D eigenvalue weighted by molar-refractivity contribution is 5.75. The molecule has 0 aromatic carbocycles. The Bertz CT molecular complexity index is 310. The van der Waals surface area contributed by atoms with Crippen molar-refractivity contribution in [2.24, 2.45) is 17.3 Å². The highest BCUT2D eigenvalue weighted by Crippen LogP contribution is 2.42. The molecule has 0 bridgehead atoms. The Hall–Kier alpha value is -0.570. The molecule has 2 unspecified atom stereocenters. The predicted octanol–water partition coefficient (Wildman–Crippen LogP) is 2.75. The van der Waals surface area contributed by atoms with Gasteiger partial charge in [-0.1, -0.05) is 25.7 Å². The molecule has 2 aliphatic carbocycles. The van der Waals surface area contributed by atoms with Gasteiger partial charge >= 0.3 is 5.97 Å². The number of nitrogens with zero attached hydrogens (tertiary/aromatic N) is 1. The van der Waals surface area contributed by atoms with Crippen molar-refractivity contribution in [3.63, 3.8) is 0 Å². The molecule has 3 aliphatic rings. The average Bonchev–Trinajstić information content (AvgIpc) is 2.90. The van der Waals surface area contributed by atoms with E-state index in [1.807, 2.05) is 0 Å². The van der Waals surface area contributed by atoms with Gasteiger partial charge in [0.1, 0.15) is 0 Å². The number of carboxylic acid groups (broad SMARTS) is 1. The second-order valence-electron chi connectivity index (χ2n) is 6.79. The van der Waals surface area contributed by atoms with Crippen molar-refractivity contribution in [3.05, 3.63) is 0 Å². The van der Waals surface area contributed by atoms with Gasteiger partial charge in [0.15, 0.2) is 0 Å². The second-order valence-corrected chi connectivity index (χ2v) is 6.79. The molecule has 1 saturated heterocycles. The van der Waals surface area contributed by atoms with Crippen LogP contribution in [-0.4, -0.2) is 35.6 Å². The Labute approximate surface area is 110 Å². The van der Waals surface area contributed by atoms with Gasteiger partial charge in [-0.25, -0.2) is 0 Å². The molecule has 102 valence electrons. The first kappa shape index (κ1) is 12.5. The van der Waals surface area contributed by atoms with Crippen molar-refractivity contribution < 1.29 is 9.90 Å². The monoisotopic (exact) mass is 251 g/mol. The molecule has 0 amide bonds. The largest absolute Gasteiger partial charge is 0.481 e. The lowest BCUT2D eigenvalue weighted by atomic mass is 9.73. The van der Waals surface area contributed by atoms with Crippen molar-refractivity contribution in [2.45, 2.75) is 51.4 Å². The fourth-order valence-electron chi connectivity index (χ4n) is 4.56. The lowest BCUT2D eigenvalue weighted by molar-refractivity contribution is -0.152. The van der Waals surface area contributed by atoms with Gasteiger partial charge in [-0.15, -0.1) is 0 Å². The van der Waals surface area contributed by atoms with Gasteiger partial charge in [-0.05, 0) is 37.5 Å². The number of hydrogen-bond acceptors (Lipinski definition) is 2. The van der Waals surface area contributed by atoms with Crippen LogP contribution in [0.2, 0.25) is 0 Å². The van der Waals surface area contributed by atoms with Crippen molar-refractivity contribution in [2.75, 3.05) is 19.6 Å². The van der Waals surface area contributed by atoms with E-state index in [0.717, 1.165) is 44.1 Å². The van der Waals surface area contributed by atoms with Gasteiger partial charge < -0.3 is 10.0 Å². The Kier molecular flexibility index (Phi) is 3.35. The van der Waals surface area contributed by atoms with Crippen LogP contribution in [0.4, 0.5) is 0 Å². The van der Waals surface area contributed by atoms with Crippen LogP contribution in [0.1, 0.15) is 51.4 Å². The average molecular weight is 251 g/mol. The molecule has 1 N–H and O–H groups in total. The van der Waals surface area contributed by atoms with Gasteiger partial charge in [0.05, 0.1) is 5.41 Å². The molecule has 3 fully saturated rings. The normalized spacial score (nSPS) is 35.6. The van der Waals surface area contributed by atoms with Crippen LogP contribution in [0.25, 0.3) is 0 Å². The zero-order chi connectivity index (χ0) is 12.6. The summed E-state index contributed by atoms with van der Waals surface area (Å²) in [4.78, 5) is 14.2. The van der Waals surface area contributed by atoms with E-state index in [9.17, 15) is 9.90 Å². The second kappa shape index (κ2) is 4.84. The number of aliphatic carboxylic acids is 1. The maximum atomic E-state index is 11.7. The fourth-order valence-corrected chi connectivity index (χ4v) is 4.56. The van der Waals surface area contributed by atoms with Crippen molar-refractivity contribution >= 4 is 5.97 Å². The van der Waals surface area contributed by atoms with Gasteiger partial charge in [0.2, 0.25) is 0 Å². The first-order valence-corrected chi connectivity index (χ1v) is 7.65. The maximum Gasteiger partial charge on any atom is 0.310 e. The standard InChI is InChI=1S/C15H25NO2/c17-14(18)15(7-2-1-3-8-15)11-16-9-12-5-4-6-13(12)10-16/h12-13H,1-11H2,(H,17,18). The molecule has 3 heteroatoms. The van der Waals surface area contributed by atoms with Gasteiger partial charge in [-0.2, -0.15) is 0 Å². The van der Waals surface area contributed by atoms with E-state index in [-0.39, 0.29) is 0 Å². The molecule has 3 rings (SSSR count). The molecule has 3 nitrogen and oxygen atoms in total. The zero-order valence-corrected chi connectivity index (χ0v) is 11.2. The molecular formula is C15H25NO2. The number of likely N-dealkylation sites (tertiary alicyclic amines) is 1. The van der Waals surface area contributed by atoms with Crippen LogP contribution in [0.5, 0.6) is 0 Å². The first-order chi connectivity index (χ1) is 8.70. The zero-order valence-electron chi connectivity index (χ0n) is 11.2. The molecular weight excluding hydrogens is 226 g/mol. The maximum absolute atomic E-state index is 11.7. The molecule has 2 atom stereocenters. The van der Waals surface area contributed by atoms with E-state index in [2.05, 4.69) is 4.90 Å². The Morgan fingerprint density at radius 3 is 2.22 bits per heavy atom. The first-order valence-electron chi connectivity index (χ1n) is 7.65. The number of hydrogen-bond donors (Lipinski definition) is 1. The summed E-state index contributed by atoms with van der Waals surface area (Å²) >= 11 is 0. The molecule has 2 saturated carbocycles. The van der Waals surface area contributed by atoms with E-state index in [1.54, 1.807) is 0 Å². The summed E-state index contributed by atoms with van der Waals surface area (Å²) in [6.07, 6.45) is 9.37. The Morgan fingerprint density at radius 2 is 1.67 bits per heavy atom. The lowest BCUT2D eigenvalue weighted by Gasteiger charge is -2.36. The number of carboxylic acids is 1. The summed E-state index contributed by atoms with van der Waals surface area (Å²) in [5, 5.41) is 9.63. The highest BCUT2D eigenvalue weighted by Gasteiger charge is 2.44. The molecule has 0 aromatic rings. The SMILES string of the molecule is O=C(O)C1(CN2CC3CCCC3C2)CCCCC1. The van der Waals surface area contributed by atoms with E-state index >= 15 is 0 Å². The molecule has 0 spiro atoms. The van der Waals surface area contributed by atoms with Crippen LogP contribution in [0, 0.1) is 17.3 Å². The van der Waals surface area contributed by atoms with E-state index in [4.69, 9.17) is 0 Å². The third-order valence-corrected chi connectivity index (χ3v) is 5.59. The number of rotatable bonds is 3. The molecule has 0 radical (unpaired) electrons. The van der Waals surface area contributed by atoms with Crippen LogP contribution in [0.3, 0.4) is 0 Å². The topological polar surface area (TPSA) is 40.5 Å². The van der Waals surface area contributed by atoms with E-state index in [1.165, 1.54) is 38.8 Å². The Morgan fingerprint density at radius 1 is 1.06 bits per heavy atom. The predicted molar refractivity (Wildman–Crippen MR) is 70.4 cm³/mol. The van der Waals surface area contributed by atoms with Gasteiger partial charge in [0, 0.05) is 19.6 Å². The van der Waals surface area contributed by atoms with Crippen LogP contribution >= 0.6 is 0 Å². The van der Waals surface area contributed by atoms with Gasteiger partial charge in [0.25, 0.3) is 0 Å². The summed E-state index contributed by atoms with van der Waals surface area (Å²) in [7, 11) is 0. The quantitative estimate of drug-likeness (QED) is 0.838. The minimum absolute atomic E-state index is 0.420. The summed E-state index contributed by atoms with van der Waals surface area (Å²) < 4.78 is 0. The fraction of sp³-hybridized carbons (Fsp3) is 0.933. The summed E-state index contributed by atoms with van der Waals surface area (Å²) in [5.74, 6) is 1.21. The van der Waals surface area contributed by atoms with Crippen molar-refractivity contribution in [1.29, 1.82) is 0 Å². The summed E-state index contributed by atoms with van der Waals surface area (Å²) in [6, 6.07) is 0. The summed E-state index contributed by atoms with van der Waals surface area (Å²) in [6.45, 7) is 3.15. The molecule has 1 heterocycles. The van der Waals surface area contributed by atoms with Crippen molar-refractivity contribution in [3.8, 4) is 0 Å². The van der Waals surface area contributed by atoms with E-state index in [0.29, 0.717) is 0 Å². The third-order valence-electron chi connectivity index (χ3n) is 5.59. The number of carbonyl (C=O) groups is 1. The molecule has 1 aliphatic heterocycles. The minimum atomic E-state index is -0.542. The lowest BCUT2D eigenvalue weighted by Crippen LogP contribution is -2.44. The molecule has 0 aromatic heterocycles. The number of fused-ring (bicyclic) bond motifs is 1. The minimum Gasteiger partial charge on any atom is -0.481 e. The van der Waals surface area contributed by atoms with Crippen molar-refractivity contribution in [1.82, 2.24) is 4.90 Å². The van der Waals surface area contributed by atoms with Crippen LogP contribution < -0.4 is 0 Å². The van der Waals surface area contributed by atoms with E-state index < -0.39 is 11.4 Å². The Balaban J connectivity index is 1.64. The third kappa shape index (κ3) is 2.18. The summed E-state index contributed by atoms with van der Waals surface area (Å²) in [5.41, 5.74) is -0.420. The molecule has 18 heavy (non-hydrogen) atoms. The van der Waals surface area contributed by atoms with Gasteiger partial charge in [-0.3, -0.25) is 4.79 Å². The highest BCUT2D eigenvalue weighted by atomic mass is 16.4. The van der Waals surface area contributed by atoms with Crippen LogP contribution in [0.15, 0.2) is 0 Å².